The van der Waals surface area contributed by atoms with E-state index in [-0.39, 0.29) is 5.97 Å². The van der Waals surface area contributed by atoms with Crippen molar-refractivity contribution >= 4 is 29.2 Å². The minimum absolute atomic E-state index is 0.123. The molecule has 19 heavy (non-hydrogen) atoms. The van der Waals surface area contributed by atoms with Gasteiger partial charge in [-0.3, -0.25) is 4.79 Å². The van der Waals surface area contributed by atoms with Crippen LogP contribution in [0.1, 0.15) is 39.2 Å². The molecule has 0 N–H and O–H groups in total. The Balaban J connectivity index is 0. The summed E-state index contributed by atoms with van der Waals surface area (Å²) in [4.78, 5) is 10.2. The lowest BCUT2D eigenvalue weighted by atomic mass is 10.2. The molecule has 0 aliphatic carbocycles. The van der Waals surface area contributed by atoms with Gasteiger partial charge in [-0.15, -0.1) is 11.6 Å². The Labute approximate surface area is 127 Å². The van der Waals surface area contributed by atoms with Crippen molar-refractivity contribution in [1.82, 2.24) is 0 Å². The van der Waals surface area contributed by atoms with E-state index in [1.807, 2.05) is 38.1 Å². The molecule has 2 nitrogen and oxygen atoms in total. The fourth-order valence-corrected chi connectivity index (χ4v) is 0.922. The summed E-state index contributed by atoms with van der Waals surface area (Å²) in [6.45, 7) is 8.15. The van der Waals surface area contributed by atoms with Gasteiger partial charge < -0.3 is 4.74 Å². The van der Waals surface area contributed by atoms with Gasteiger partial charge in [-0.05, 0) is 32.4 Å². The third-order valence-corrected chi connectivity index (χ3v) is 2.42. The number of alkyl halides is 1. The van der Waals surface area contributed by atoms with E-state index in [0.29, 0.717) is 13.0 Å². The first-order valence-corrected chi connectivity index (χ1v) is 7.36. The van der Waals surface area contributed by atoms with Crippen LogP contribution in [0, 0.1) is 6.92 Å². The lowest BCUT2D eigenvalue weighted by Gasteiger charge is -1.93. The van der Waals surface area contributed by atoms with Gasteiger partial charge in [0.25, 0.3) is 0 Å². The molecule has 0 aromatic heterocycles. The Morgan fingerprint density at radius 2 is 1.63 bits per heavy atom. The van der Waals surface area contributed by atoms with Crippen molar-refractivity contribution in [1.29, 1.82) is 0 Å². The Hall–Kier alpha value is -0.730. The molecule has 1 rings (SSSR count). The van der Waals surface area contributed by atoms with Gasteiger partial charge in [-0.2, -0.15) is 0 Å². The molecule has 4 heteroatoms. The zero-order valence-corrected chi connectivity index (χ0v) is 13.7. The van der Waals surface area contributed by atoms with E-state index >= 15 is 0 Å². The molecule has 0 atom stereocenters. The molecule has 110 valence electrons. The number of aryl methyl sites for hydroxylation is 1. The Morgan fingerprint density at radius 1 is 1.16 bits per heavy atom. The highest BCUT2D eigenvalue weighted by Crippen LogP contribution is 2.07. The molecule has 1 aromatic carbocycles. The molecule has 0 spiro atoms. The van der Waals surface area contributed by atoms with Crippen LogP contribution in [0.5, 0.6) is 0 Å². The van der Waals surface area contributed by atoms with Crippen LogP contribution in [-0.2, 0) is 9.53 Å². The number of hydrogen-bond donors (Lipinski definition) is 0. The van der Waals surface area contributed by atoms with E-state index < -0.39 is 0 Å². The van der Waals surface area contributed by atoms with Gasteiger partial charge in [0.05, 0.1) is 6.61 Å². The number of hydrogen-bond acceptors (Lipinski definition) is 2. The van der Waals surface area contributed by atoms with Crippen molar-refractivity contribution in [3.8, 4) is 0 Å². The van der Waals surface area contributed by atoms with Crippen LogP contribution in [-0.4, -0.2) is 18.5 Å². The minimum Gasteiger partial charge on any atom is -0.466 e. The van der Waals surface area contributed by atoms with Crippen molar-refractivity contribution in [2.75, 3.05) is 12.5 Å². The average Bonchev–Trinajstić information content (AvgIpc) is 2.43. The summed E-state index contributed by atoms with van der Waals surface area (Å²) in [6, 6.07) is 7.75. The van der Waals surface area contributed by atoms with E-state index in [1.54, 1.807) is 13.8 Å². The molecule has 0 radical (unpaired) electrons. The fourth-order valence-electron chi connectivity index (χ4n) is 0.796. The Morgan fingerprint density at radius 3 is 1.84 bits per heavy atom. The number of carbonyl (C=O) groups is 1. The van der Waals surface area contributed by atoms with Gasteiger partial charge in [-0.1, -0.05) is 43.1 Å². The summed E-state index contributed by atoms with van der Waals surface area (Å²) < 4.78 is 4.55. The van der Waals surface area contributed by atoms with Gasteiger partial charge in [0, 0.05) is 17.3 Å². The third kappa shape index (κ3) is 17.3. The second kappa shape index (κ2) is 15.3. The Kier molecular flexibility index (Phi) is 16.6. The van der Waals surface area contributed by atoms with E-state index in [0.717, 1.165) is 17.3 Å². The second-order valence-electron chi connectivity index (χ2n) is 3.64. The minimum atomic E-state index is -0.123. The normalized spacial score (nSPS) is 8.53. The first-order valence-electron chi connectivity index (χ1n) is 6.45. The largest absolute Gasteiger partial charge is 0.466 e. The van der Waals surface area contributed by atoms with Gasteiger partial charge >= 0.3 is 5.97 Å². The van der Waals surface area contributed by atoms with Crippen LogP contribution in [0.3, 0.4) is 0 Å². The van der Waals surface area contributed by atoms with Crippen LogP contribution in [0.25, 0.3) is 0 Å². The topological polar surface area (TPSA) is 26.3 Å². The molecule has 0 bridgehead atoms. The van der Waals surface area contributed by atoms with E-state index in [4.69, 9.17) is 23.2 Å². The molecule has 0 amide bonds. The number of esters is 1. The molecule has 0 saturated heterocycles. The SMILES string of the molecule is CCCCl.CCOC(=O)CC.Cc1ccc(Cl)cc1. The first kappa shape index (κ1) is 20.6. The molecule has 1 aromatic rings. The van der Waals surface area contributed by atoms with Crippen LogP contribution in [0.2, 0.25) is 5.02 Å². The maximum atomic E-state index is 10.2. The highest BCUT2D eigenvalue weighted by atomic mass is 35.5. The number of halogens is 2. The van der Waals surface area contributed by atoms with Crippen molar-refractivity contribution < 1.29 is 9.53 Å². The lowest BCUT2D eigenvalue weighted by molar-refractivity contribution is -0.142. The zero-order valence-electron chi connectivity index (χ0n) is 12.2. The lowest BCUT2D eigenvalue weighted by Crippen LogP contribution is -2.00. The van der Waals surface area contributed by atoms with Crippen LogP contribution >= 0.6 is 23.2 Å². The second-order valence-corrected chi connectivity index (χ2v) is 4.46. The molecule has 0 aliphatic rings. The van der Waals surface area contributed by atoms with Gasteiger partial charge in [0.15, 0.2) is 0 Å². The third-order valence-electron chi connectivity index (χ3n) is 1.79. The highest BCUT2D eigenvalue weighted by molar-refractivity contribution is 6.30. The van der Waals surface area contributed by atoms with Crippen molar-refractivity contribution in [2.45, 2.75) is 40.5 Å². The molecule has 0 fully saturated rings. The summed E-state index contributed by atoms with van der Waals surface area (Å²) in [5.74, 6) is 0.669. The van der Waals surface area contributed by atoms with E-state index in [2.05, 4.69) is 4.74 Å². The van der Waals surface area contributed by atoms with Gasteiger partial charge in [-0.25, -0.2) is 0 Å². The van der Waals surface area contributed by atoms with E-state index in [9.17, 15) is 4.79 Å². The molecule has 0 saturated carbocycles. The van der Waals surface area contributed by atoms with Crippen LogP contribution in [0.4, 0.5) is 0 Å². The van der Waals surface area contributed by atoms with Crippen molar-refractivity contribution in [3.05, 3.63) is 34.9 Å². The standard InChI is InChI=1S/C7H7Cl.C5H10O2.C3H7Cl/c1-6-2-4-7(8)5-3-6;1-3-5(6)7-4-2;1-2-3-4/h2-5H,1H3;3-4H2,1-2H3;2-3H2,1H3. The van der Waals surface area contributed by atoms with Gasteiger partial charge in [0.1, 0.15) is 0 Å². The maximum absolute atomic E-state index is 10.2. The van der Waals surface area contributed by atoms with Crippen molar-refractivity contribution in [2.24, 2.45) is 0 Å². The molecular weight excluding hydrogens is 283 g/mol. The molecule has 0 heterocycles. The highest BCUT2D eigenvalue weighted by Gasteiger charge is 1.91. The average molecular weight is 307 g/mol. The predicted molar refractivity (Wildman–Crippen MR) is 84.1 cm³/mol. The maximum Gasteiger partial charge on any atom is 0.305 e. The molecule has 0 unspecified atom stereocenters. The summed E-state index contributed by atoms with van der Waals surface area (Å²) in [5.41, 5.74) is 1.24. The quantitative estimate of drug-likeness (QED) is 0.563. The van der Waals surface area contributed by atoms with Crippen LogP contribution in [0.15, 0.2) is 24.3 Å². The van der Waals surface area contributed by atoms with Crippen molar-refractivity contribution in [3.63, 3.8) is 0 Å². The number of ether oxygens (including phenoxy) is 1. The summed E-state index contributed by atoms with van der Waals surface area (Å²) in [7, 11) is 0. The summed E-state index contributed by atoms with van der Waals surface area (Å²) in [6.07, 6.45) is 1.56. The summed E-state index contributed by atoms with van der Waals surface area (Å²) in [5, 5.41) is 0.801. The number of benzene rings is 1. The number of carbonyl (C=O) groups excluding carboxylic acids is 1. The van der Waals surface area contributed by atoms with Gasteiger partial charge in [0.2, 0.25) is 0 Å². The molecular formula is C15H24Cl2O2. The summed E-state index contributed by atoms with van der Waals surface area (Å²) >= 11 is 10.8. The van der Waals surface area contributed by atoms with E-state index in [1.165, 1.54) is 5.56 Å². The smallest absolute Gasteiger partial charge is 0.305 e. The zero-order chi connectivity index (χ0) is 15.1. The first-order chi connectivity index (χ1) is 9.01. The monoisotopic (exact) mass is 306 g/mol. The molecule has 0 aliphatic heterocycles. The Bertz CT molecular complexity index is 287. The fraction of sp³-hybridized carbons (Fsp3) is 0.533. The predicted octanol–water partition coefficient (Wildman–Crippen LogP) is 5.24. The van der Waals surface area contributed by atoms with Crippen LogP contribution < -0.4 is 0 Å². The number of rotatable bonds is 3.